The summed E-state index contributed by atoms with van der Waals surface area (Å²) in [5, 5.41) is 3.13. The van der Waals surface area contributed by atoms with Crippen molar-refractivity contribution in [2.24, 2.45) is 0 Å². The van der Waals surface area contributed by atoms with Crippen LogP contribution in [-0.4, -0.2) is 13.6 Å². The first kappa shape index (κ1) is 9.56. The fourth-order valence-electron chi connectivity index (χ4n) is 1.07. The van der Waals surface area contributed by atoms with Gasteiger partial charge in [0.15, 0.2) is 0 Å². The second-order valence-corrected chi connectivity index (χ2v) is 3.46. The molecule has 0 aromatic heterocycles. The number of hydrogen-bond donors (Lipinski definition) is 1. The van der Waals surface area contributed by atoms with Crippen LogP contribution in [0.5, 0.6) is 0 Å². The molecule has 0 aliphatic rings. The van der Waals surface area contributed by atoms with Gasteiger partial charge in [-0.25, -0.2) is 0 Å². The predicted molar refractivity (Wildman–Crippen MR) is 53.7 cm³/mol. The first-order valence-corrected chi connectivity index (χ1v) is 4.53. The average molecular weight is 184 g/mol. The van der Waals surface area contributed by atoms with E-state index in [-0.39, 0.29) is 5.38 Å². The highest BCUT2D eigenvalue weighted by Crippen LogP contribution is 2.19. The van der Waals surface area contributed by atoms with Crippen molar-refractivity contribution < 1.29 is 0 Å². The molecule has 66 valence electrons. The number of benzene rings is 1. The summed E-state index contributed by atoms with van der Waals surface area (Å²) in [5.41, 5.74) is 2.45. The minimum absolute atomic E-state index is 0.0793. The molecule has 12 heavy (non-hydrogen) atoms. The molecule has 2 heteroatoms. The number of nitrogens with one attached hydrogen (secondary N) is 1. The molecule has 0 radical (unpaired) electrons. The van der Waals surface area contributed by atoms with Gasteiger partial charge in [0.25, 0.3) is 0 Å². The van der Waals surface area contributed by atoms with Gasteiger partial charge in [0.05, 0.1) is 5.38 Å². The molecule has 0 saturated heterocycles. The maximum absolute atomic E-state index is 6.10. The number of alkyl halides is 1. The van der Waals surface area contributed by atoms with Crippen molar-refractivity contribution >= 4 is 11.6 Å². The van der Waals surface area contributed by atoms with Gasteiger partial charge in [-0.15, -0.1) is 11.6 Å². The topological polar surface area (TPSA) is 12.0 Å². The van der Waals surface area contributed by atoms with Crippen LogP contribution in [-0.2, 0) is 0 Å². The quantitative estimate of drug-likeness (QED) is 0.711. The maximum Gasteiger partial charge on any atom is 0.0709 e. The standard InChI is InChI=1S/C10H14ClN/c1-8-3-5-9(6-4-8)10(11)7-12-2/h3-6,10,12H,7H2,1-2H3. The van der Waals surface area contributed by atoms with Gasteiger partial charge in [-0.05, 0) is 19.5 Å². The van der Waals surface area contributed by atoms with Gasteiger partial charge in [-0.2, -0.15) is 0 Å². The van der Waals surface area contributed by atoms with Crippen LogP contribution in [0.1, 0.15) is 16.5 Å². The molecule has 0 spiro atoms. The summed E-state index contributed by atoms with van der Waals surface area (Å²) in [6.45, 7) is 2.88. The van der Waals surface area contributed by atoms with E-state index >= 15 is 0 Å². The Balaban J connectivity index is 2.68. The summed E-state index contributed by atoms with van der Waals surface area (Å²) in [6.07, 6.45) is 0. The Morgan fingerprint density at radius 3 is 2.42 bits per heavy atom. The molecule has 0 fully saturated rings. The van der Waals surface area contributed by atoms with E-state index in [2.05, 4.69) is 36.5 Å². The van der Waals surface area contributed by atoms with Crippen LogP contribution in [0.25, 0.3) is 0 Å². The highest BCUT2D eigenvalue weighted by molar-refractivity contribution is 6.21. The molecule has 0 bridgehead atoms. The van der Waals surface area contributed by atoms with Crippen LogP contribution in [0.4, 0.5) is 0 Å². The number of aryl methyl sites for hydroxylation is 1. The van der Waals surface area contributed by atoms with E-state index in [0.717, 1.165) is 6.54 Å². The smallest absolute Gasteiger partial charge is 0.0709 e. The third kappa shape index (κ3) is 2.50. The lowest BCUT2D eigenvalue weighted by atomic mass is 10.1. The number of rotatable bonds is 3. The summed E-state index contributed by atoms with van der Waals surface area (Å²) in [6, 6.07) is 8.31. The monoisotopic (exact) mass is 183 g/mol. The van der Waals surface area contributed by atoms with Crippen LogP contribution in [0.15, 0.2) is 24.3 Å². The van der Waals surface area contributed by atoms with Crippen molar-refractivity contribution in [1.82, 2.24) is 5.32 Å². The molecule has 1 N–H and O–H groups in total. The largest absolute Gasteiger partial charge is 0.318 e. The fraction of sp³-hybridized carbons (Fsp3) is 0.400. The van der Waals surface area contributed by atoms with Gasteiger partial charge < -0.3 is 5.32 Å². The lowest BCUT2D eigenvalue weighted by Crippen LogP contribution is -2.12. The zero-order valence-corrected chi connectivity index (χ0v) is 8.23. The van der Waals surface area contributed by atoms with E-state index < -0.39 is 0 Å². The molecule has 0 aliphatic heterocycles. The Labute approximate surface area is 78.7 Å². The first-order valence-electron chi connectivity index (χ1n) is 4.09. The summed E-state index contributed by atoms with van der Waals surface area (Å²) in [7, 11) is 1.91. The van der Waals surface area contributed by atoms with E-state index in [9.17, 15) is 0 Å². The molecule has 1 aromatic carbocycles. The Bertz CT molecular complexity index is 230. The van der Waals surface area contributed by atoms with E-state index in [1.165, 1.54) is 11.1 Å². The van der Waals surface area contributed by atoms with Gasteiger partial charge in [0.1, 0.15) is 0 Å². The number of halogens is 1. The first-order chi connectivity index (χ1) is 5.74. The molecule has 1 nitrogen and oxygen atoms in total. The molecule has 1 rings (SSSR count). The van der Waals surface area contributed by atoms with E-state index in [4.69, 9.17) is 11.6 Å². The van der Waals surface area contributed by atoms with Gasteiger partial charge in [0, 0.05) is 6.54 Å². The summed E-state index contributed by atoms with van der Waals surface area (Å²) >= 11 is 6.10. The minimum atomic E-state index is 0.0793. The second-order valence-electron chi connectivity index (χ2n) is 2.94. The van der Waals surface area contributed by atoms with Crippen molar-refractivity contribution in [3.63, 3.8) is 0 Å². The lowest BCUT2D eigenvalue weighted by molar-refractivity contribution is 0.771. The normalized spacial score (nSPS) is 12.9. The molecule has 1 atom stereocenters. The van der Waals surface area contributed by atoms with Crippen molar-refractivity contribution in [2.45, 2.75) is 12.3 Å². The van der Waals surface area contributed by atoms with Crippen LogP contribution < -0.4 is 5.32 Å². The van der Waals surface area contributed by atoms with Gasteiger partial charge >= 0.3 is 0 Å². The zero-order chi connectivity index (χ0) is 8.97. The summed E-state index contributed by atoms with van der Waals surface area (Å²) < 4.78 is 0. The molecule has 1 unspecified atom stereocenters. The third-order valence-electron chi connectivity index (χ3n) is 1.82. The highest BCUT2D eigenvalue weighted by Gasteiger charge is 2.04. The third-order valence-corrected chi connectivity index (χ3v) is 2.23. The second kappa shape index (κ2) is 4.48. The van der Waals surface area contributed by atoms with Crippen molar-refractivity contribution in [1.29, 1.82) is 0 Å². The lowest BCUT2D eigenvalue weighted by Gasteiger charge is -2.08. The predicted octanol–water partition coefficient (Wildman–Crippen LogP) is 2.49. The van der Waals surface area contributed by atoms with E-state index in [0.29, 0.717) is 0 Å². The maximum atomic E-state index is 6.10. The van der Waals surface area contributed by atoms with Gasteiger partial charge in [0.2, 0.25) is 0 Å². The Morgan fingerprint density at radius 2 is 1.92 bits per heavy atom. The molecular formula is C10H14ClN. The molecule has 0 aliphatic carbocycles. The SMILES string of the molecule is CNCC(Cl)c1ccc(C)cc1. The summed E-state index contributed by atoms with van der Waals surface area (Å²) in [4.78, 5) is 0. The average Bonchev–Trinajstić information content (AvgIpc) is 2.06. The number of likely N-dealkylation sites (N-methyl/N-ethyl adjacent to an activating group) is 1. The van der Waals surface area contributed by atoms with E-state index in [1.807, 2.05) is 7.05 Å². The summed E-state index contributed by atoms with van der Waals surface area (Å²) in [5.74, 6) is 0. The van der Waals surface area contributed by atoms with Crippen molar-refractivity contribution in [3.05, 3.63) is 35.4 Å². The van der Waals surface area contributed by atoms with Crippen LogP contribution >= 0.6 is 11.6 Å². The van der Waals surface area contributed by atoms with Gasteiger partial charge in [-0.3, -0.25) is 0 Å². The van der Waals surface area contributed by atoms with Gasteiger partial charge in [-0.1, -0.05) is 29.8 Å². The molecule has 0 amide bonds. The Morgan fingerprint density at radius 1 is 1.33 bits per heavy atom. The Hall–Kier alpha value is -0.530. The van der Waals surface area contributed by atoms with Crippen molar-refractivity contribution in [2.75, 3.05) is 13.6 Å². The number of hydrogen-bond acceptors (Lipinski definition) is 1. The van der Waals surface area contributed by atoms with Crippen LogP contribution in [0.3, 0.4) is 0 Å². The highest BCUT2D eigenvalue weighted by atomic mass is 35.5. The molecule has 0 heterocycles. The van der Waals surface area contributed by atoms with Crippen LogP contribution in [0, 0.1) is 6.92 Å². The van der Waals surface area contributed by atoms with Crippen LogP contribution in [0.2, 0.25) is 0 Å². The van der Waals surface area contributed by atoms with Crippen molar-refractivity contribution in [3.8, 4) is 0 Å². The Kier molecular flexibility index (Phi) is 3.57. The minimum Gasteiger partial charge on any atom is -0.318 e. The fourth-order valence-corrected chi connectivity index (χ4v) is 1.37. The molecular weight excluding hydrogens is 170 g/mol. The zero-order valence-electron chi connectivity index (χ0n) is 7.47. The molecule has 0 saturated carbocycles. The molecule has 1 aromatic rings. The van der Waals surface area contributed by atoms with E-state index in [1.54, 1.807) is 0 Å².